The van der Waals surface area contributed by atoms with Gasteiger partial charge in [-0.2, -0.15) is 4.39 Å². The first-order chi connectivity index (χ1) is 8.25. The van der Waals surface area contributed by atoms with Gasteiger partial charge in [-0.3, -0.25) is 4.98 Å². The molecule has 0 saturated carbocycles. The van der Waals surface area contributed by atoms with Crippen molar-refractivity contribution in [1.29, 1.82) is 0 Å². The molecule has 0 saturated heterocycles. The van der Waals surface area contributed by atoms with E-state index < -0.39 is 5.95 Å². The molecule has 1 N–H and O–H groups in total. The molecule has 0 aliphatic heterocycles. The molecule has 0 bridgehead atoms. The molecule has 0 aromatic carbocycles. The highest BCUT2D eigenvalue weighted by molar-refractivity contribution is 5.33. The van der Waals surface area contributed by atoms with Crippen molar-refractivity contribution in [3.8, 4) is 0 Å². The predicted octanol–water partition coefficient (Wildman–Crippen LogP) is 1.97. The van der Waals surface area contributed by atoms with Gasteiger partial charge in [0.2, 0.25) is 0 Å². The minimum Gasteiger partial charge on any atom is -0.366 e. The van der Waals surface area contributed by atoms with E-state index in [9.17, 15) is 4.39 Å². The Hall–Kier alpha value is -2.04. The summed E-state index contributed by atoms with van der Waals surface area (Å²) in [6.45, 7) is 2.35. The van der Waals surface area contributed by atoms with Crippen LogP contribution >= 0.6 is 0 Å². The second-order valence-electron chi connectivity index (χ2n) is 3.65. The summed E-state index contributed by atoms with van der Waals surface area (Å²) in [6, 6.07) is 5.72. The lowest BCUT2D eigenvalue weighted by Gasteiger charge is -2.06. The van der Waals surface area contributed by atoms with E-state index in [2.05, 4.69) is 20.3 Å². The molecule has 17 heavy (non-hydrogen) atoms. The van der Waals surface area contributed by atoms with Gasteiger partial charge in [-0.15, -0.1) is 0 Å². The standard InChI is InChI=1S/C12H13FN4/c1-9-8-16-11(13)12(17-9)15-7-5-10-4-2-3-6-14-10/h2-4,6,8H,5,7H2,1H3,(H,15,17). The Morgan fingerprint density at radius 1 is 1.29 bits per heavy atom. The van der Waals surface area contributed by atoms with Gasteiger partial charge in [-0.1, -0.05) is 6.07 Å². The van der Waals surface area contributed by atoms with Gasteiger partial charge in [0.1, 0.15) is 0 Å². The van der Waals surface area contributed by atoms with Gasteiger partial charge in [0.05, 0.1) is 11.9 Å². The van der Waals surface area contributed by atoms with Crippen molar-refractivity contribution in [2.75, 3.05) is 11.9 Å². The molecule has 0 aliphatic rings. The second-order valence-corrected chi connectivity index (χ2v) is 3.65. The SMILES string of the molecule is Cc1cnc(F)c(NCCc2ccccn2)n1. The van der Waals surface area contributed by atoms with Crippen LogP contribution in [0.25, 0.3) is 0 Å². The van der Waals surface area contributed by atoms with Crippen molar-refractivity contribution in [2.45, 2.75) is 13.3 Å². The largest absolute Gasteiger partial charge is 0.366 e. The predicted molar refractivity (Wildman–Crippen MR) is 63.2 cm³/mol. The summed E-state index contributed by atoms with van der Waals surface area (Å²) in [5.41, 5.74) is 1.65. The van der Waals surface area contributed by atoms with Crippen molar-refractivity contribution in [3.05, 3.63) is 47.9 Å². The first-order valence-corrected chi connectivity index (χ1v) is 5.38. The van der Waals surface area contributed by atoms with Crippen LogP contribution in [0.5, 0.6) is 0 Å². The van der Waals surface area contributed by atoms with Crippen LogP contribution in [0.4, 0.5) is 10.2 Å². The monoisotopic (exact) mass is 232 g/mol. The van der Waals surface area contributed by atoms with Gasteiger partial charge in [-0.05, 0) is 19.1 Å². The van der Waals surface area contributed by atoms with E-state index in [1.165, 1.54) is 6.20 Å². The van der Waals surface area contributed by atoms with Gasteiger partial charge in [-0.25, -0.2) is 9.97 Å². The zero-order valence-corrected chi connectivity index (χ0v) is 9.52. The number of nitrogens with zero attached hydrogens (tertiary/aromatic N) is 3. The molecule has 0 fully saturated rings. The summed E-state index contributed by atoms with van der Waals surface area (Å²) < 4.78 is 13.2. The molecule has 0 atom stereocenters. The molecule has 2 rings (SSSR count). The number of pyridine rings is 1. The van der Waals surface area contributed by atoms with E-state index in [-0.39, 0.29) is 5.82 Å². The van der Waals surface area contributed by atoms with Crippen molar-refractivity contribution in [3.63, 3.8) is 0 Å². The number of rotatable bonds is 4. The maximum atomic E-state index is 13.2. The van der Waals surface area contributed by atoms with Crippen LogP contribution in [0.15, 0.2) is 30.6 Å². The number of aryl methyl sites for hydroxylation is 1. The maximum absolute atomic E-state index is 13.2. The first-order valence-electron chi connectivity index (χ1n) is 5.38. The Morgan fingerprint density at radius 2 is 2.18 bits per heavy atom. The lowest BCUT2D eigenvalue weighted by atomic mass is 10.3. The molecular formula is C12H13FN4. The fraction of sp³-hybridized carbons (Fsp3) is 0.250. The van der Waals surface area contributed by atoms with Crippen LogP contribution in [0.3, 0.4) is 0 Å². The summed E-state index contributed by atoms with van der Waals surface area (Å²) in [5.74, 6) is -0.377. The van der Waals surface area contributed by atoms with Gasteiger partial charge in [0, 0.05) is 24.9 Å². The van der Waals surface area contributed by atoms with Crippen molar-refractivity contribution >= 4 is 5.82 Å². The van der Waals surface area contributed by atoms with Crippen LogP contribution in [-0.4, -0.2) is 21.5 Å². The molecule has 2 aromatic heterocycles. The van der Waals surface area contributed by atoms with E-state index in [1.807, 2.05) is 18.2 Å². The minimum absolute atomic E-state index is 0.195. The average Bonchev–Trinajstić information content (AvgIpc) is 2.35. The van der Waals surface area contributed by atoms with E-state index in [4.69, 9.17) is 0 Å². The van der Waals surface area contributed by atoms with Crippen LogP contribution < -0.4 is 5.32 Å². The lowest BCUT2D eigenvalue weighted by molar-refractivity contribution is 0.578. The van der Waals surface area contributed by atoms with Crippen molar-refractivity contribution in [1.82, 2.24) is 15.0 Å². The highest BCUT2D eigenvalue weighted by Crippen LogP contribution is 2.07. The molecular weight excluding hydrogens is 219 g/mol. The van der Waals surface area contributed by atoms with Crippen molar-refractivity contribution in [2.24, 2.45) is 0 Å². The van der Waals surface area contributed by atoms with Crippen LogP contribution in [0, 0.1) is 12.9 Å². The second kappa shape index (κ2) is 5.34. The topological polar surface area (TPSA) is 50.7 Å². The smallest absolute Gasteiger partial charge is 0.255 e. The van der Waals surface area contributed by atoms with Gasteiger partial charge < -0.3 is 5.32 Å². The summed E-state index contributed by atoms with van der Waals surface area (Å²) in [7, 11) is 0. The Morgan fingerprint density at radius 3 is 2.94 bits per heavy atom. The third kappa shape index (κ3) is 3.21. The number of anilines is 1. The fourth-order valence-electron chi connectivity index (χ4n) is 1.43. The Kier molecular flexibility index (Phi) is 3.59. The quantitative estimate of drug-likeness (QED) is 0.875. The highest BCUT2D eigenvalue weighted by atomic mass is 19.1. The number of nitrogens with one attached hydrogen (secondary N) is 1. The number of hydrogen-bond acceptors (Lipinski definition) is 4. The maximum Gasteiger partial charge on any atom is 0.255 e. The molecule has 0 unspecified atom stereocenters. The van der Waals surface area contributed by atoms with E-state index in [0.717, 1.165) is 12.1 Å². The van der Waals surface area contributed by atoms with E-state index >= 15 is 0 Å². The molecule has 0 spiro atoms. The van der Waals surface area contributed by atoms with Crippen LogP contribution in [0.2, 0.25) is 0 Å². The molecule has 5 heteroatoms. The van der Waals surface area contributed by atoms with E-state index in [0.29, 0.717) is 12.2 Å². The Bertz CT molecular complexity index is 487. The number of halogens is 1. The Balaban J connectivity index is 1.92. The summed E-state index contributed by atoms with van der Waals surface area (Å²) in [5, 5.41) is 2.91. The molecule has 0 aliphatic carbocycles. The Labute approximate surface area is 99.0 Å². The molecule has 2 aromatic rings. The molecule has 0 radical (unpaired) electrons. The fourth-order valence-corrected chi connectivity index (χ4v) is 1.43. The molecule has 2 heterocycles. The number of aromatic nitrogens is 3. The molecule has 4 nitrogen and oxygen atoms in total. The minimum atomic E-state index is -0.573. The highest BCUT2D eigenvalue weighted by Gasteiger charge is 2.04. The third-order valence-corrected chi connectivity index (χ3v) is 2.25. The zero-order valence-electron chi connectivity index (χ0n) is 9.52. The van der Waals surface area contributed by atoms with Gasteiger partial charge >= 0.3 is 0 Å². The van der Waals surface area contributed by atoms with Crippen LogP contribution in [0.1, 0.15) is 11.4 Å². The zero-order chi connectivity index (χ0) is 12.1. The number of hydrogen-bond donors (Lipinski definition) is 1. The van der Waals surface area contributed by atoms with Gasteiger partial charge in [0.25, 0.3) is 5.95 Å². The summed E-state index contributed by atoms with van der Waals surface area (Å²) in [4.78, 5) is 11.8. The third-order valence-electron chi connectivity index (χ3n) is 2.25. The van der Waals surface area contributed by atoms with Crippen LogP contribution in [-0.2, 0) is 6.42 Å². The summed E-state index contributed by atoms with van der Waals surface area (Å²) in [6.07, 6.45) is 3.86. The summed E-state index contributed by atoms with van der Waals surface area (Å²) >= 11 is 0. The molecule has 0 amide bonds. The normalized spacial score (nSPS) is 10.2. The first kappa shape index (κ1) is 11.4. The van der Waals surface area contributed by atoms with Gasteiger partial charge in [0.15, 0.2) is 5.82 Å². The lowest BCUT2D eigenvalue weighted by Crippen LogP contribution is -2.10. The van der Waals surface area contributed by atoms with Crippen molar-refractivity contribution < 1.29 is 4.39 Å². The van der Waals surface area contributed by atoms with E-state index in [1.54, 1.807) is 13.1 Å². The molecule has 88 valence electrons. The average molecular weight is 232 g/mol.